The van der Waals surface area contributed by atoms with Gasteiger partial charge < -0.3 is 10.2 Å². The zero-order chi connectivity index (χ0) is 27.0. The summed E-state index contributed by atoms with van der Waals surface area (Å²) in [5.41, 5.74) is 3.20. The van der Waals surface area contributed by atoms with Crippen molar-refractivity contribution in [2.45, 2.75) is 59.5 Å². The van der Waals surface area contributed by atoms with Gasteiger partial charge in [0.15, 0.2) is 0 Å². The largest absolute Gasteiger partial charge is 0.355 e. The van der Waals surface area contributed by atoms with Crippen LogP contribution in [0.3, 0.4) is 0 Å². The predicted octanol–water partition coefficient (Wildman–Crippen LogP) is 5.10. The molecule has 2 amide bonds. The molecule has 0 aliphatic rings. The number of likely N-dealkylation sites (N-methyl/N-ethyl adjacent to an activating group) is 1. The third-order valence-electron chi connectivity index (χ3n) is 6.07. The van der Waals surface area contributed by atoms with Crippen LogP contribution in [0.2, 0.25) is 10.0 Å². The molecule has 0 heterocycles. The molecular formula is C26H35Cl2N3O4S. The molecule has 198 valence electrons. The third kappa shape index (κ3) is 7.85. The van der Waals surface area contributed by atoms with E-state index < -0.39 is 16.1 Å². The lowest BCUT2D eigenvalue weighted by Crippen LogP contribution is -2.49. The number of amides is 2. The number of aryl methyl sites for hydroxylation is 1. The second-order valence-corrected chi connectivity index (χ2v) is 11.5. The van der Waals surface area contributed by atoms with E-state index in [1.165, 1.54) is 9.21 Å². The highest BCUT2D eigenvalue weighted by atomic mass is 35.5. The third-order valence-corrected chi connectivity index (χ3v) is 7.99. The van der Waals surface area contributed by atoms with Crippen LogP contribution in [0, 0.1) is 13.8 Å². The molecule has 7 nitrogen and oxygen atoms in total. The Labute approximate surface area is 224 Å². The van der Waals surface area contributed by atoms with Gasteiger partial charge in [0.2, 0.25) is 21.8 Å². The van der Waals surface area contributed by atoms with Crippen molar-refractivity contribution in [3.63, 3.8) is 0 Å². The Morgan fingerprint density at radius 1 is 1.06 bits per heavy atom. The number of anilines is 1. The summed E-state index contributed by atoms with van der Waals surface area (Å²) in [6.45, 7) is 8.25. The van der Waals surface area contributed by atoms with Crippen molar-refractivity contribution < 1.29 is 18.0 Å². The van der Waals surface area contributed by atoms with Crippen LogP contribution in [0.25, 0.3) is 0 Å². The first kappa shape index (κ1) is 29.9. The summed E-state index contributed by atoms with van der Waals surface area (Å²) >= 11 is 12.2. The number of benzene rings is 2. The van der Waals surface area contributed by atoms with E-state index in [2.05, 4.69) is 5.32 Å². The quantitative estimate of drug-likeness (QED) is 0.394. The van der Waals surface area contributed by atoms with E-state index >= 15 is 0 Å². The lowest BCUT2D eigenvalue weighted by atomic mass is 10.1. The van der Waals surface area contributed by atoms with Crippen LogP contribution < -0.4 is 9.62 Å². The van der Waals surface area contributed by atoms with Crippen LogP contribution in [-0.2, 0) is 26.2 Å². The summed E-state index contributed by atoms with van der Waals surface area (Å²) in [6.07, 6.45) is 1.96. The molecule has 0 bridgehead atoms. The summed E-state index contributed by atoms with van der Waals surface area (Å²) in [7, 11) is -3.56. The molecule has 1 N–H and O–H groups in total. The van der Waals surface area contributed by atoms with Crippen molar-refractivity contribution in [3.8, 4) is 0 Å². The second kappa shape index (κ2) is 13.3. The van der Waals surface area contributed by atoms with Gasteiger partial charge in [-0.2, -0.15) is 0 Å². The summed E-state index contributed by atoms with van der Waals surface area (Å²) in [6, 6.07) is 9.95. The van der Waals surface area contributed by atoms with Gasteiger partial charge in [0.05, 0.1) is 22.0 Å². The minimum absolute atomic E-state index is 0.0775. The number of nitrogens with one attached hydrogen (secondary N) is 1. The lowest BCUT2D eigenvalue weighted by molar-refractivity contribution is -0.141. The number of hydrogen-bond acceptors (Lipinski definition) is 4. The summed E-state index contributed by atoms with van der Waals surface area (Å²) in [5.74, 6) is -0.477. The molecule has 0 fully saturated rings. The van der Waals surface area contributed by atoms with E-state index in [1.54, 1.807) is 24.3 Å². The summed E-state index contributed by atoms with van der Waals surface area (Å²) < 4.78 is 26.5. The van der Waals surface area contributed by atoms with E-state index in [-0.39, 0.29) is 31.3 Å². The monoisotopic (exact) mass is 555 g/mol. The Hall–Kier alpha value is -2.29. The highest BCUT2D eigenvalue weighted by molar-refractivity contribution is 7.92. The molecule has 36 heavy (non-hydrogen) atoms. The fraction of sp³-hybridized carbons (Fsp3) is 0.462. The molecule has 2 rings (SSSR count). The van der Waals surface area contributed by atoms with E-state index in [4.69, 9.17) is 23.2 Å². The number of hydrogen-bond donors (Lipinski definition) is 1. The average Bonchev–Trinajstić information content (AvgIpc) is 2.80. The average molecular weight is 557 g/mol. The van der Waals surface area contributed by atoms with E-state index in [9.17, 15) is 18.0 Å². The van der Waals surface area contributed by atoms with Gasteiger partial charge in [-0.25, -0.2) is 8.42 Å². The number of halogens is 2. The van der Waals surface area contributed by atoms with Crippen LogP contribution in [0.15, 0.2) is 36.4 Å². The van der Waals surface area contributed by atoms with Gasteiger partial charge in [0.1, 0.15) is 6.04 Å². The molecule has 0 unspecified atom stereocenters. The Bertz CT molecular complexity index is 1190. The molecule has 0 aliphatic carbocycles. The highest BCUT2D eigenvalue weighted by Crippen LogP contribution is 2.26. The molecule has 0 saturated heterocycles. The van der Waals surface area contributed by atoms with Gasteiger partial charge >= 0.3 is 0 Å². The Balaban J connectivity index is 2.26. The molecule has 10 heteroatoms. The first-order chi connectivity index (χ1) is 16.9. The Morgan fingerprint density at radius 3 is 2.33 bits per heavy atom. The van der Waals surface area contributed by atoms with E-state index in [0.29, 0.717) is 35.1 Å². The van der Waals surface area contributed by atoms with Crippen LogP contribution >= 0.6 is 23.2 Å². The van der Waals surface area contributed by atoms with Crippen LogP contribution in [0.1, 0.15) is 49.8 Å². The van der Waals surface area contributed by atoms with Crippen molar-refractivity contribution >= 4 is 50.7 Å². The summed E-state index contributed by atoms with van der Waals surface area (Å²) in [5, 5.41) is 3.57. The molecule has 0 aromatic heterocycles. The van der Waals surface area contributed by atoms with Crippen molar-refractivity contribution in [3.05, 3.63) is 63.1 Å². The molecular weight excluding hydrogens is 521 g/mol. The van der Waals surface area contributed by atoms with Gasteiger partial charge in [0.25, 0.3) is 0 Å². The highest BCUT2D eigenvalue weighted by Gasteiger charge is 2.29. The maximum Gasteiger partial charge on any atom is 0.242 e. The molecule has 0 radical (unpaired) electrons. The lowest BCUT2D eigenvalue weighted by Gasteiger charge is -2.31. The van der Waals surface area contributed by atoms with Crippen molar-refractivity contribution in [1.82, 2.24) is 10.2 Å². The number of carbonyl (C=O) groups is 2. The fourth-order valence-electron chi connectivity index (χ4n) is 4.03. The van der Waals surface area contributed by atoms with Crippen LogP contribution in [0.5, 0.6) is 0 Å². The van der Waals surface area contributed by atoms with Crippen molar-refractivity contribution in [1.29, 1.82) is 0 Å². The normalized spacial score (nSPS) is 12.2. The molecule has 2 aromatic rings. The van der Waals surface area contributed by atoms with Gasteiger partial charge in [0, 0.05) is 26.1 Å². The maximum atomic E-state index is 13.4. The van der Waals surface area contributed by atoms with Gasteiger partial charge in [-0.15, -0.1) is 0 Å². The molecule has 2 aromatic carbocycles. The standard InChI is InChI=1S/C26H35Cl2N3O4S/c1-6-23(26(33)29-7-2)30(17-20-13-14-21(27)22(28)16-20)25(32)12-9-15-31(36(5,34)35)24-11-8-10-18(3)19(24)4/h8,10-11,13-14,16,23H,6-7,9,12,15,17H2,1-5H3,(H,29,33)/t23-/m1/s1. The molecule has 0 spiro atoms. The first-order valence-corrected chi connectivity index (χ1v) is 14.6. The predicted molar refractivity (Wildman–Crippen MR) is 147 cm³/mol. The number of sulfonamides is 1. The number of nitrogens with zero attached hydrogens (tertiary/aromatic N) is 2. The SMILES string of the molecule is CCNC(=O)[C@@H](CC)N(Cc1ccc(Cl)c(Cl)c1)C(=O)CCCN(c1cccc(C)c1C)S(C)(=O)=O. The molecule has 1 atom stereocenters. The fourth-order valence-corrected chi connectivity index (χ4v) is 5.37. The van der Waals surface area contributed by atoms with E-state index in [0.717, 1.165) is 22.9 Å². The minimum atomic E-state index is -3.56. The Morgan fingerprint density at radius 2 is 1.75 bits per heavy atom. The first-order valence-electron chi connectivity index (χ1n) is 12.0. The zero-order valence-corrected chi connectivity index (χ0v) is 23.8. The zero-order valence-electron chi connectivity index (χ0n) is 21.5. The molecule has 0 aliphatic heterocycles. The van der Waals surface area contributed by atoms with Gasteiger partial charge in [-0.3, -0.25) is 13.9 Å². The number of rotatable bonds is 12. The summed E-state index contributed by atoms with van der Waals surface area (Å²) in [4.78, 5) is 27.7. The van der Waals surface area contributed by atoms with Crippen molar-refractivity contribution in [2.24, 2.45) is 0 Å². The van der Waals surface area contributed by atoms with Gasteiger partial charge in [-0.1, -0.05) is 48.3 Å². The molecule has 0 saturated carbocycles. The smallest absolute Gasteiger partial charge is 0.242 e. The van der Waals surface area contributed by atoms with Crippen molar-refractivity contribution in [2.75, 3.05) is 23.7 Å². The maximum absolute atomic E-state index is 13.4. The van der Waals surface area contributed by atoms with E-state index in [1.807, 2.05) is 39.8 Å². The number of carbonyl (C=O) groups excluding carboxylic acids is 2. The van der Waals surface area contributed by atoms with Crippen LogP contribution in [-0.4, -0.2) is 50.5 Å². The second-order valence-electron chi connectivity index (χ2n) is 8.75. The topological polar surface area (TPSA) is 86.8 Å². The Kier molecular flexibility index (Phi) is 11.1. The van der Waals surface area contributed by atoms with Crippen LogP contribution in [0.4, 0.5) is 5.69 Å². The van der Waals surface area contributed by atoms with Gasteiger partial charge in [-0.05, 0) is 68.5 Å². The minimum Gasteiger partial charge on any atom is -0.355 e.